The Morgan fingerprint density at radius 2 is 1.79 bits per heavy atom. The van der Waals surface area contributed by atoms with E-state index in [4.69, 9.17) is 0 Å². The molecule has 28 heavy (non-hydrogen) atoms. The molecule has 0 radical (unpaired) electrons. The van der Waals surface area contributed by atoms with E-state index < -0.39 is 15.6 Å². The summed E-state index contributed by atoms with van der Waals surface area (Å²) in [4.78, 5) is 14.0. The van der Waals surface area contributed by atoms with Crippen molar-refractivity contribution >= 4 is 21.6 Å². The van der Waals surface area contributed by atoms with E-state index in [9.17, 15) is 18.3 Å². The van der Waals surface area contributed by atoms with Crippen molar-refractivity contribution in [3.05, 3.63) is 58.7 Å². The maximum Gasteiger partial charge on any atom is 0.240 e. The molecule has 2 aromatic carbocycles. The number of hydrogen-bond acceptors (Lipinski definition) is 4. The molecule has 2 aliphatic heterocycles. The zero-order chi connectivity index (χ0) is 19.5. The number of amides is 1. The molecule has 0 bridgehead atoms. The van der Waals surface area contributed by atoms with Gasteiger partial charge in [-0.1, -0.05) is 24.3 Å². The minimum atomic E-state index is -3.76. The molecule has 1 amide bonds. The first-order valence-corrected chi connectivity index (χ1v) is 11.1. The molecule has 2 N–H and O–H groups in total. The number of benzene rings is 2. The van der Waals surface area contributed by atoms with Gasteiger partial charge in [-0.2, -0.15) is 0 Å². The van der Waals surface area contributed by atoms with Crippen LogP contribution >= 0.6 is 0 Å². The van der Waals surface area contributed by atoms with E-state index in [2.05, 4.69) is 4.72 Å². The van der Waals surface area contributed by atoms with E-state index in [-0.39, 0.29) is 17.3 Å². The molecule has 6 nitrogen and oxygen atoms in total. The minimum Gasteiger partial charge on any atom is -0.384 e. The molecular formula is C21H22N2O4S. The first-order chi connectivity index (χ1) is 13.4. The highest BCUT2D eigenvalue weighted by Gasteiger charge is 2.38. The van der Waals surface area contributed by atoms with Crippen molar-refractivity contribution in [2.24, 2.45) is 0 Å². The van der Waals surface area contributed by atoms with E-state index in [1.807, 2.05) is 24.3 Å². The lowest BCUT2D eigenvalue weighted by molar-refractivity contribution is -0.118. The summed E-state index contributed by atoms with van der Waals surface area (Å²) in [6.07, 6.45) is 2.90. The van der Waals surface area contributed by atoms with Crippen LogP contribution < -0.4 is 9.62 Å². The van der Waals surface area contributed by atoms with Crippen molar-refractivity contribution in [3.8, 4) is 0 Å². The number of hydrogen-bond donors (Lipinski definition) is 2. The van der Waals surface area contributed by atoms with Gasteiger partial charge in [0, 0.05) is 19.5 Å². The largest absolute Gasteiger partial charge is 0.384 e. The van der Waals surface area contributed by atoms with Crippen LogP contribution in [0.25, 0.3) is 0 Å². The molecule has 0 aromatic heterocycles. The average Bonchev–Trinajstić information content (AvgIpc) is 3.27. The number of nitrogens with one attached hydrogen (secondary N) is 1. The Balaban J connectivity index is 1.42. The quantitative estimate of drug-likeness (QED) is 0.820. The van der Waals surface area contributed by atoms with Crippen LogP contribution in [-0.4, -0.2) is 32.5 Å². The molecule has 0 fully saturated rings. The highest BCUT2D eigenvalue weighted by Crippen LogP contribution is 2.39. The smallest absolute Gasteiger partial charge is 0.240 e. The van der Waals surface area contributed by atoms with Crippen LogP contribution in [0, 0.1) is 0 Å². The molecule has 5 rings (SSSR count). The Labute approximate surface area is 164 Å². The predicted molar refractivity (Wildman–Crippen MR) is 105 cm³/mol. The van der Waals surface area contributed by atoms with Crippen LogP contribution in [0.3, 0.4) is 0 Å². The van der Waals surface area contributed by atoms with Crippen LogP contribution in [0.4, 0.5) is 5.69 Å². The molecule has 0 saturated carbocycles. The third-order valence-electron chi connectivity index (χ3n) is 6.22. The number of carbonyl (C=O) groups is 1. The molecule has 0 unspecified atom stereocenters. The Hall–Kier alpha value is -2.22. The van der Waals surface area contributed by atoms with Crippen LogP contribution in [0.2, 0.25) is 0 Å². The van der Waals surface area contributed by atoms with Gasteiger partial charge in [-0.05, 0) is 60.1 Å². The SMILES string of the molecule is O=C1CCc2cc(S(=O)(=O)NC[C@]3(O)CCc4ccccc43)cc3c2N1CC3. The lowest BCUT2D eigenvalue weighted by atomic mass is 9.96. The van der Waals surface area contributed by atoms with E-state index in [1.54, 1.807) is 17.0 Å². The van der Waals surface area contributed by atoms with Crippen molar-refractivity contribution in [1.29, 1.82) is 0 Å². The van der Waals surface area contributed by atoms with Crippen LogP contribution in [-0.2, 0) is 39.7 Å². The fourth-order valence-electron chi connectivity index (χ4n) is 4.73. The molecule has 1 aliphatic carbocycles. The number of anilines is 1. The molecule has 2 heterocycles. The summed E-state index contributed by atoms with van der Waals surface area (Å²) in [7, 11) is -3.76. The normalized spacial score (nSPS) is 23.0. The standard InChI is InChI=1S/C21H22N2O4S/c24-19-6-5-15-11-17(12-16-8-10-23(19)20(15)16)28(26,27)22-13-21(25)9-7-14-3-1-2-4-18(14)21/h1-4,11-12,22,25H,5-10,13H2/t21-/m1/s1. The average molecular weight is 398 g/mol. The van der Waals surface area contributed by atoms with E-state index in [1.165, 1.54) is 0 Å². The van der Waals surface area contributed by atoms with Crippen LogP contribution in [0.15, 0.2) is 41.3 Å². The molecule has 1 atom stereocenters. The number of fused-ring (bicyclic) bond motifs is 1. The number of aliphatic hydroxyl groups is 1. The van der Waals surface area contributed by atoms with Crippen molar-refractivity contribution in [3.63, 3.8) is 0 Å². The van der Waals surface area contributed by atoms with Gasteiger partial charge in [0.2, 0.25) is 15.9 Å². The fourth-order valence-corrected chi connectivity index (χ4v) is 5.92. The van der Waals surface area contributed by atoms with Gasteiger partial charge < -0.3 is 10.0 Å². The van der Waals surface area contributed by atoms with Gasteiger partial charge in [0.25, 0.3) is 0 Å². The number of nitrogens with zero attached hydrogens (tertiary/aromatic N) is 1. The number of carbonyl (C=O) groups excluding carboxylic acids is 1. The molecule has 2 aromatic rings. The van der Waals surface area contributed by atoms with Crippen molar-refractivity contribution < 1.29 is 18.3 Å². The Morgan fingerprint density at radius 3 is 2.61 bits per heavy atom. The summed E-state index contributed by atoms with van der Waals surface area (Å²) in [6, 6.07) is 11.0. The Bertz CT molecular complexity index is 1100. The fraction of sp³-hybridized carbons (Fsp3) is 0.381. The summed E-state index contributed by atoms with van der Waals surface area (Å²) in [5.74, 6) is 0.113. The van der Waals surface area contributed by atoms with Crippen molar-refractivity contribution in [2.45, 2.75) is 42.6 Å². The maximum atomic E-state index is 13.0. The second-order valence-corrected chi connectivity index (χ2v) is 9.67. The van der Waals surface area contributed by atoms with E-state index in [0.29, 0.717) is 32.2 Å². The summed E-state index contributed by atoms with van der Waals surface area (Å²) < 4.78 is 28.6. The highest BCUT2D eigenvalue weighted by molar-refractivity contribution is 7.89. The van der Waals surface area contributed by atoms with Gasteiger partial charge in [0.15, 0.2) is 0 Å². The van der Waals surface area contributed by atoms with Crippen LogP contribution in [0.1, 0.15) is 35.1 Å². The second kappa shape index (κ2) is 6.14. The summed E-state index contributed by atoms with van der Waals surface area (Å²) >= 11 is 0. The highest BCUT2D eigenvalue weighted by atomic mass is 32.2. The monoisotopic (exact) mass is 398 g/mol. The molecule has 146 valence electrons. The van der Waals surface area contributed by atoms with Gasteiger partial charge in [-0.15, -0.1) is 0 Å². The third kappa shape index (κ3) is 2.69. The third-order valence-corrected chi connectivity index (χ3v) is 7.60. The van der Waals surface area contributed by atoms with E-state index >= 15 is 0 Å². The lowest BCUT2D eigenvalue weighted by Crippen LogP contribution is -2.39. The van der Waals surface area contributed by atoms with Gasteiger partial charge in [0.1, 0.15) is 5.60 Å². The predicted octanol–water partition coefficient (Wildman–Crippen LogP) is 1.63. The summed E-state index contributed by atoms with van der Waals surface area (Å²) in [5, 5.41) is 11.0. The first kappa shape index (κ1) is 17.8. The summed E-state index contributed by atoms with van der Waals surface area (Å²) in [6.45, 7) is 0.567. The number of aryl methyl sites for hydroxylation is 2. The van der Waals surface area contributed by atoms with Crippen molar-refractivity contribution in [2.75, 3.05) is 18.0 Å². The molecule has 0 saturated heterocycles. The zero-order valence-electron chi connectivity index (χ0n) is 15.4. The molecule has 7 heteroatoms. The van der Waals surface area contributed by atoms with E-state index in [0.717, 1.165) is 34.4 Å². The topological polar surface area (TPSA) is 86.7 Å². The molecule has 3 aliphatic rings. The number of rotatable bonds is 4. The van der Waals surface area contributed by atoms with Gasteiger partial charge in [-0.3, -0.25) is 4.79 Å². The molecular weight excluding hydrogens is 376 g/mol. The van der Waals surface area contributed by atoms with Crippen molar-refractivity contribution in [1.82, 2.24) is 4.72 Å². The Morgan fingerprint density at radius 1 is 1.04 bits per heavy atom. The summed E-state index contributed by atoms with van der Waals surface area (Å²) in [5.41, 5.74) is 3.42. The van der Waals surface area contributed by atoms with Gasteiger partial charge in [0.05, 0.1) is 10.6 Å². The second-order valence-electron chi connectivity index (χ2n) is 7.90. The zero-order valence-corrected chi connectivity index (χ0v) is 16.3. The maximum absolute atomic E-state index is 13.0. The number of sulfonamides is 1. The van der Waals surface area contributed by atoms with Gasteiger partial charge in [-0.25, -0.2) is 13.1 Å². The Kier molecular flexibility index (Phi) is 3.91. The van der Waals surface area contributed by atoms with Gasteiger partial charge >= 0.3 is 0 Å². The first-order valence-electron chi connectivity index (χ1n) is 9.64. The minimum absolute atomic E-state index is 0.0522. The molecule has 0 spiro atoms. The van der Waals surface area contributed by atoms with Crippen LogP contribution in [0.5, 0.6) is 0 Å². The lowest BCUT2D eigenvalue weighted by Gasteiger charge is -2.26.